The molecule has 98 valence electrons. The lowest BCUT2D eigenvalue weighted by Gasteiger charge is -2.09. The highest BCUT2D eigenvalue weighted by atomic mass is 35.5. The molecule has 2 nitrogen and oxygen atoms in total. The third-order valence-corrected chi connectivity index (χ3v) is 3.69. The van der Waals surface area contributed by atoms with Crippen LogP contribution in [-0.2, 0) is 13.0 Å². The Morgan fingerprint density at radius 3 is 2.95 bits per heavy atom. The molecule has 0 unspecified atom stereocenters. The van der Waals surface area contributed by atoms with Crippen LogP contribution in [0.15, 0.2) is 42.5 Å². The quantitative estimate of drug-likeness (QED) is 0.920. The summed E-state index contributed by atoms with van der Waals surface area (Å²) in [5.41, 5.74) is 3.28. The minimum absolute atomic E-state index is 0.308. The number of rotatable bonds is 3. The maximum absolute atomic E-state index is 9.76. The molecule has 0 aromatic heterocycles. The molecule has 0 radical (unpaired) electrons. The number of aliphatic hydroxyl groups excluding tert-OH is 1. The highest BCUT2D eigenvalue weighted by Gasteiger charge is 2.20. The van der Waals surface area contributed by atoms with Crippen molar-refractivity contribution in [3.8, 4) is 5.75 Å². The first-order chi connectivity index (χ1) is 9.22. The average Bonchev–Trinajstić information content (AvgIpc) is 2.78. The van der Waals surface area contributed by atoms with Crippen molar-refractivity contribution in [3.63, 3.8) is 0 Å². The standard InChI is InChI=1S/C16H15ClO2/c17-13-3-1-2-11(8-13)10-19-14-5-6-15-12(9-14)4-7-16(15)18/h1-3,5-6,8-9,16,18H,4,7,10H2/t16-/m1/s1. The van der Waals surface area contributed by atoms with Crippen molar-refractivity contribution in [1.29, 1.82) is 0 Å². The predicted octanol–water partition coefficient (Wildman–Crippen LogP) is 3.90. The van der Waals surface area contributed by atoms with Gasteiger partial charge in [-0.3, -0.25) is 0 Å². The van der Waals surface area contributed by atoms with Gasteiger partial charge in [0.05, 0.1) is 6.10 Å². The van der Waals surface area contributed by atoms with Crippen molar-refractivity contribution in [2.75, 3.05) is 0 Å². The third-order valence-electron chi connectivity index (χ3n) is 3.46. The maximum atomic E-state index is 9.76. The molecule has 0 heterocycles. The molecule has 3 heteroatoms. The minimum Gasteiger partial charge on any atom is -0.489 e. The molecule has 0 saturated carbocycles. The Morgan fingerprint density at radius 1 is 1.21 bits per heavy atom. The summed E-state index contributed by atoms with van der Waals surface area (Å²) in [6.45, 7) is 0.502. The van der Waals surface area contributed by atoms with E-state index in [1.54, 1.807) is 0 Å². The van der Waals surface area contributed by atoms with E-state index in [4.69, 9.17) is 16.3 Å². The second-order valence-electron chi connectivity index (χ2n) is 4.83. The Kier molecular flexibility index (Phi) is 3.45. The first kappa shape index (κ1) is 12.5. The normalized spacial score (nSPS) is 17.3. The molecule has 0 spiro atoms. The highest BCUT2D eigenvalue weighted by molar-refractivity contribution is 6.30. The van der Waals surface area contributed by atoms with E-state index in [0.717, 1.165) is 34.7 Å². The van der Waals surface area contributed by atoms with Crippen LogP contribution in [0.1, 0.15) is 29.2 Å². The Balaban J connectivity index is 1.71. The molecule has 19 heavy (non-hydrogen) atoms. The summed E-state index contributed by atoms with van der Waals surface area (Å²) in [7, 11) is 0. The van der Waals surface area contributed by atoms with E-state index in [1.807, 2.05) is 42.5 Å². The fourth-order valence-corrected chi connectivity index (χ4v) is 2.67. The predicted molar refractivity (Wildman–Crippen MR) is 75.5 cm³/mol. The lowest BCUT2D eigenvalue weighted by molar-refractivity contribution is 0.180. The van der Waals surface area contributed by atoms with Gasteiger partial charge in [0, 0.05) is 5.02 Å². The summed E-state index contributed by atoms with van der Waals surface area (Å²) in [4.78, 5) is 0. The van der Waals surface area contributed by atoms with Crippen LogP contribution in [0, 0.1) is 0 Å². The number of benzene rings is 2. The minimum atomic E-state index is -0.308. The molecular weight excluding hydrogens is 260 g/mol. The molecule has 0 saturated heterocycles. The molecule has 0 bridgehead atoms. The van der Waals surface area contributed by atoms with E-state index in [2.05, 4.69) is 0 Å². The van der Waals surface area contributed by atoms with Crippen molar-refractivity contribution in [2.24, 2.45) is 0 Å². The van der Waals surface area contributed by atoms with Crippen LogP contribution in [0.2, 0.25) is 5.02 Å². The fraction of sp³-hybridized carbons (Fsp3) is 0.250. The van der Waals surface area contributed by atoms with Crippen LogP contribution in [0.25, 0.3) is 0 Å². The molecule has 3 rings (SSSR count). The number of aryl methyl sites for hydroxylation is 1. The largest absolute Gasteiger partial charge is 0.489 e. The van der Waals surface area contributed by atoms with Crippen molar-refractivity contribution >= 4 is 11.6 Å². The Hall–Kier alpha value is -1.51. The van der Waals surface area contributed by atoms with Gasteiger partial charge < -0.3 is 9.84 Å². The molecule has 0 fully saturated rings. The van der Waals surface area contributed by atoms with E-state index in [-0.39, 0.29) is 6.10 Å². The second-order valence-corrected chi connectivity index (χ2v) is 5.27. The van der Waals surface area contributed by atoms with Gasteiger partial charge >= 0.3 is 0 Å². The van der Waals surface area contributed by atoms with Crippen LogP contribution >= 0.6 is 11.6 Å². The maximum Gasteiger partial charge on any atom is 0.120 e. The monoisotopic (exact) mass is 274 g/mol. The van der Waals surface area contributed by atoms with Gasteiger partial charge in [-0.1, -0.05) is 29.8 Å². The van der Waals surface area contributed by atoms with Gasteiger partial charge in [-0.15, -0.1) is 0 Å². The molecule has 1 N–H and O–H groups in total. The van der Waals surface area contributed by atoms with Crippen LogP contribution in [-0.4, -0.2) is 5.11 Å². The number of aliphatic hydroxyl groups is 1. The number of hydrogen-bond acceptors (Lipinski definition) is 2. The molecule has 1 atom stereocenters. The summed E-state index contributed by atoms with van der Waals surface area (Å²) < 4.78 is 5.77. The van der Waals surface area contributed by atoms with Gasteiger partial charge in [-0.2, -0.15) is 0 Å². The zero-order valence-electron chi connectivity index (χ0n) is 10.5. The van der Waals surface area contributed by atoms with E-state index < -0.39 is 0 Å². The Bertz CT molecular complexity index is 595. The zero-order valence-corrected chi connectivity index (χ0v) is 11.2. The molecule has 1 aliphatic rings. The zero-order chi connectivity index (χ0) is 13.2. The molecule has 2 aromatic carbocycles. The number of halogens is 1. The third kappa shape index (κ3) is 2.75. The summed E-state index contributed by atoms with van der Waals surface area (Å²) in [6, 6.07) is 13.6. The smallest absolute Gasteiger partial charge is 0.120 e. The molecule has 1 aliphatic carbocycles. The number of hydrogen-bond donors (Lipinski definition) is 1. The highest BCUT2D eigenvalue weighted by Crippen LogP contribution is 2.33. The summed E-state index contributed by atoms with van der Waals surface area (Å²) in [5.74, 6) is 0.841. The van der Waals surface area contributed by atoms with Crippen molar-refractivity contribution in [1.82, 2.24) is 0 Å². The van der Waals surface area contributed by atoms with Gasteiger partial charge in [0.25, 0.3) is 0 Å². The van der Waals surface area contributed by atoms with Crippen molar-refractivity contribution < 1.29 is 9.84 Å². The summed E-state index contributed by atoms with van der Waals surface area (Å²) in [5, 5.41) is 10.5. The van der Waals surface area contributed by atoms with E-state index in [0.29, 0.717) is 6.61 Å². The Labute approximate surface area is 117 Å². The first-order valence-electron chi connectivity index (χ1n) is 6.40. The van der Waals surface area contributed by atoms with E-state index >= 15 is 0 Å². The lowest BCUT2D eigenvalue weighted by Crippen LogP contribution is -1.96. The molecule has 2 aromatic rings. The summed E-state index contributed by atoms with van der Waals surface area (Å²) in [6.07, 6.45) is 1.43. The fourth-order valence-electron chi connectivity index (χ4n) is 2.45. The molecule has 0 amide bonds. The number of ether oxygens (including phenoxy) is 1. The first-order valence-corrected chi connectivity index (χ1v) is 6.78. The lowest BCUT2D eigenvalue weighted by atomic mass is 10.1. The van der Waals surface area contributed by atoms with Gasteiger partial charge in [0.2, 0.25) is 0 Å². The number of fused-ring (bicyclic) bond motifs is 1. The Morgan fingerprint density at radius 2 is 2.11 bits per heavy atom. The molecular formula is C16H15ClO2. The van der Waals surface area contributed by atoms with Crippen LogP contribution in [0.3, 0.4) is 0 Å². The van der Waals surface area contributed by atoms with Crippen molar-refractivity contribution in [3.05, 3.63) is 64.2 Å². The molecule has 0 aliphatic heterocycles. The van der Waals surface area contributed by atoms with Crippen LogP contribution < -0.4 is 4.74 Å². The topological polar surface area (TPSA) is 29.5 Å². The van der Waals surface area contributed by atoms with Gasteiger partial charge in [-0.05, 0) is 53.8 Å². The van der Waals surface area contributed by atoms with Gasteiger partial charge in [-0.25, -0.2) is 0 Å². The van der Waals surface area contributed by atoms with E-state index in [1.165, 1.54) is 5.56 Å². The van der Waals surface area contributed by atoms with Crippen LogP contribution in [0.5, 0.6) is 5.75 Å². The summed E-state index contributed by atoms with van der Waals surface area (Å²) >= 11 is 5.94. The average molecular weight is 275 g/mol. The van der Waals surface area contributed by atoms with Crippen molar-refractivity contribution in [2.45, 2.75) is 25.6 Å². The second kappa shape index (κ2) is 5.24. The SMILES string of the molecule is O[C@@H]1CCc2cc(OCc3cccc(Cl)c3)ccc21. The van der Waals surface area contributed by atoms with E-state index in [9.17, 15) is 5.11 Å². The van der Waals surface area contributed by atoms with Gasteiger partial charge in [0.15, 0.2) is 0 Å². The van der Waals surface area contributed by atoms with Crippen LogP contribution in [0.4, 0.5) is 0 Å². The van der Waals surface area contributed by atoms with Gasteiger partial charge in [0.1, 0.15) is 12.4 Å².